The first-order valence-electron chi connectivity index (χ1n) is 6.51. The molecule has 5 heteroatoms. The molecule has 0 spiro atoms. The Bertz CT molecular complexity index is 455. The molecule has 1 saturated heterocycles. The van der Waals surface area contributed by atoms with Crippen molar-refractivity contribution in [1.29, 1.82) is 0 Å². The molecule has 3 rings (SSSR count). The number of nitrogens with one attached hydrogen (secondary N) is 1. The van der Waals surface area contributed by atoms with E-state index in [2.05, 4.69) is 44.5 Å². The molecule has 0 aliphatic carbocycles. The second kappa shape index (κ2) is 6.05. The zero-order valence-corrected chi connectivity index (χ0v) is 12.2. The van der Waals surface area contributed by atoms with Crippen LogP contribution in [-0.4, -0.2) is 43.9 Å². The molecule has 2 aliphatic rings. The van der Waals surface area contributed by atoms with Gasteiger partial charge in [-0.2, -0.15) is 0 Å². The molecule has 1 N–H and O–H groups in total. The van der Waals surface area contributed by atoms with Gasteiger partial charge in [0, 0.05) is 24.1 Å². The number of morpholine rings is 1. The molecule has 0 aromatic heterocycles. The Morgan fingerprint density at radius 1 is 1.21 bits per heavy atom. The molecule has 2 heterocycles. The highest BCUT2D eigenvalue weighted by Crippen LogP contribution is 2.21. The Labute approximate surface area is 121 Å². The van der Waals surface area contributed by atoms with E-state index in [1.807, 2.05) is 12.1 Å². The monoisotopic (exact) mass is 324 g/mol. The van der Waals surface area contributed by atoms with Crippen LogP contribution in [-0.2, 0) is 9.57 Å². The van der Waals surface area contributed by atoms with E-state index in [1.165, 1.54) is 0 Å². The normalized spacial score (nSPS) is 24.1. The molecule has 1 fully saturated rings. The molecular weight excluding hydrogens is 308 g/mol. The molecule has 0 radical (unpaired) electrons. The van der Waals surface area contributed by atoms with Crippen LogP contribution in [0.5, 0.6) is 0 Å². The summed E-state index contributed by atoms with van der Waals surface area (Å²) in [5, 5.41) is 0. The molecule has 4 nitrogen and oxygen atoms in total. The van der Waals surface area contributed by atoms with E-state index in [0.29, 0.717) is 0 Å². The maximum absolute atomic E-state index is 5.62. The number of nitrogens with zero attached hydrogens (tertiary/aromatic N) is 1. The lowest BCUT2D eigenvalue weighted by molar-refractivity contribution is -0.00798. The topological polar surface area (TPSA) is 33.7 Å². The molecule has 1 atom stereocenters. The largest absolute Gasteiger partial charge is 0.379 e. The summed E-state index contributed by atoms with van der Waals surface area (Å²) in [6.07, 6.45) is 2.26. The summed E-state index contributed by atoms with van der Waals surface area (Å²) in [5.74, 6) is 0. The van der Waals surface area contributed by atoms with Crippen LogP contribution in [0.25, 0.3) is 5.70 Å². The molecule has 0 saturated carbocycles. The fourth-order valence-electron chi connectivity index (χ4n) is 2.31. The van der Waals surface area contributed by atoms with Gasteiger partial charge in [0.1, 0.15) is 6.10 Å². The van der Waals surface area contributed by atoms with Gasteiger partial charge < -0.3 is 4.74 Å². The first-order valence-corrected chi connectivity index (χ1v) is 7.30. The standard InChI is InChI=1S/C14H17BrN2O2/c15-12-3-1-11(2-4-12)14-9-13(19-16-14)10-17-5-7-18-8-6-17/h1-4,9,13,16H,5-8,10H2. The molecule has 1 unspecified atom stereocenters. The zero-order chi connectivity index (χ0) is 13.1. The predicted octanol–water partition coefficient (Wildman–Crippen LogP) is 2.03. The van der Waals surface area contributed by atoms with Crippen molar-refractivity contribution in [2.24, 2.45) is 0 Å². The third-order valence-electron chi connectivity index (χ3n) is 3.37. The van der Waals surface area contributed by atoms with Crippen LogP contribution in [0.4, 0.5) is 0 Å². The van der Waals surface area contributed by atoms with Gasteiger partial charge in [0.25, 0.3) is 0 Å². The van der Waals surface area contributed by atoms with Gasteiger partial charge in [0.15, 0.2) is 0 Å². The number of hydrogen-bond acceptors (Lipinski definition) is 4. The lowest BCUT2D eigenvalue weighted by Gasteiger charge is -2.27. The fraction of sp³-hybridized carbons (Fsp3) is 0.429. The van der Waals surface area contributed by atoms with Crippen molar-refractivity contribution in [3.8, 4) is 0 Å². The summed E-state index contributed by atoms with van der Waals surface area (Å²) in [6, 6.07) is 8.22. The van der Waals surface area contributed by atoms with Crippen LogP contribution in [0.2, 0.25) is 0 Å². The van der Waals surface area contributed by atoms with Gasteiger partial charge >= 0.3 is 0 Å². The molecule has 102 valence electrons. The van der Waals surface area contributed by atoms with Crippen molar-refractivity contribution in [1.82, 2.24) is 10.4 Å². The third kappa shape index (κ3) is 3.36. The van der Waals surface area contributed by atoms with Crippen LogP contribution in [0.3, 0.4) is 0 Å². The van der Waals surface area contributed by atoms with Crippen molar-refractivity contribution in [3.63, 3.8) is 0 Å². The Morgan fingerprint density at radius 3 is 2.68 bits per heavy atom. The molecule has 0 bridgehead atoms. The van der Waals surface area contributed by atoms with Crippen molar-refractivity contribution >= 4 is 21.6 Å². The van der Waals surface area contributed by atoms with E-state index in [9.17, 15) is 0 Å². The Morgan fingerprint density at radius 2 is 1.95 bits per heavy atom. The van der Waals surface area contributed by atoms with Crippen LogP contribution in [0.1, 0.15) is 5.56 Å². The summed E-state index contributed by atoms with van der Waals surface area (Å²) < 4.78 is 6.43. The van der Waals surface area contributed by atoms with E-state index in [-0.39, 0.29) is 6.10 Å². The van der Waals surface area contributed by atoms with E-state index in [0.717, 1.165) is 48.6 Å². The maximum atomic E-state index is 5.62. The van der Waals surface area contributed by atoms with Gasteiger partial charge in [-0.05, 0) is 23.8 Å². The van der Waals surface area contributed by atoms with Crippen molar-refractivity contribution in [2.45, 2.75) is 6.10 Å². The van der Waals surface area contributed by atoms with Gasteiger partial charge in [-0.1, -0.05) is 28.1 Å². The van der Waals surface area contributed by atoms with E-state index >= 15 is 0 Å². The lowest BCUT2D eigenvalue weighted by Crippen LogP contribution is -2.40. The number of ether oxygens (including phenoxy) is 1. The van der Waals surface area contributed by atoms with Crippen LogP contribution in [0.15, 0.2) is 34.8 Å². The van der Waals surface area contributed by atoms with E-state index < -0.39 is 0 Å². The van der Waals surface area contributed by atoms with Crippen molar-refractivity contribution in [3.05, 3.63) is 40.4 Å². The number of hydroxylamine groups is 1. The van der Waals surface area contributed by atoms with Gasteiger partial charge in [0.2, 0.25) is 0 Å². The fourth-order valence-corrected chi connectivity index (χ4v) is 2.57. The predicted molar refractivity (Wildman–Crippen MR) is 77.4 cm³/mol. The van der Waals surface area contributed by atoms with E-state index in [4.69, 9.17) is 9.57 Å². The highest BCUT2D eigenvalue weighted by molar-refractivity contribution is 9.10. The zero-order valence-electron chi connectivity index (χ0n) is 10.6. The summed E-state index contributed by atoms with van der Waals surface area (Å²) in [4.78, 5) is 7.99. The second-order valence-corrected chi connectivity index (χ2v) is 5.67. The maximum Gasteiger partial charge on any atom is 0.118 e. The Balaban J connectivity index is 1.62. The quantitative estimate of drug-likeness (QED) is 0.922. The van der Waals surface area contributed by atoms with Gasteiger partial charge in [0.05, 0.1) is 18.9 Å². The average molecular weight is 325 g/mol. The van der Waals surface area contributed by atoms with Crippen molar-refractivity contribution < 1.29 is 9.57 Å². The summed E-state index contributed by atoms with van der Waals surface area (Å²) in [6.45, 7) is 4.53. The Kier molecular flexibility index (Phi) is 4.18. The number of rotatable bonds is 3. The molecule has 19 heavy (non-hydrogen) atoms. The van der Waals surface area contributed by atoms with Crippen LogP contribution >= 0.6 is 15.9 Å². The minimum Gasteiger partial charge on any atom is -0.379 e. The smallest absolute Gasteiger partial charge is 0.118 e. The average Bonchev–Trinajstić information content (AvgIpc) is 2.89. The summed E-state index contributed by atoms with van der Waals surface area (Å²) in [5.41, 5.74) is 5.21. The second-order valence-electron chi connectivity index (χ2n) is 4.76. The SMILES string of the molecule is Brc1ccc(C2=CC(CN3CCOCC3)ON2)cc1. The highest BCUT2D eigenvalue weighted by Gasteiger charge is 2.21. The highest BCUT2D eigenvalue weighted by atomic mass is 79.9. The molecule has 0 amide bonds. The lowest BCUT2D eigenvalue weighted by atomic mass is 10.1. The minimum atomic E-state index is 0.108. The number of benzene rings is 1. The first kappa shape index (κ1) is 13.1. The molecule has 2 aliphatic heterocycles. The molecule has 1 aromatic carbocycles. The third-order valence-corrected chi connectivity index (χ3v) is 3.90. The number of hydrogen-bond donors (Lipinski definition) is 1. The van der Waals surface area contributed by atoms with Gasteiger partial charge in [-0.3, -0.25) is 15.2 Å². The van der Waals surface area contributed by atoms with Crippen LogP contribution in [0, 0.1) is 0 Å². The summed E-state index contributed by atoms with van der Waals surface area (Å²) >= 11 is 3.44. The first-order chi connectivity index (χ1) is 9.31. The summed E-state index contributed by atoms with van der Waals surface area (Å²) in [7, 11) is 0. The Hall–Kier alpha value is -0.880. The van der Waals surface area contributed by atoms with Crippen LogP contribution < -0.4 is 5.48 Å². The molecule has 1 aromatic rings. The number of halogens is 1. The van der Waals surface area contributed by atoms with Gasteiger partial charge in [-0.15, -0.1) is 0 Å². The van der Waals surface area contributed by atoms with Gasteiger partial charge in [-0.25, -0.2) is 0 Å². The van der Waals surface area contributed by atoms with E-state index in [1.54, 1.807) is 0 Å². The minimum absolute atomic E-state index is 0.108. The molecular formula is C14H17BrN2O2. The van der Waals surface area contributed by atoms with Crippen molar-refractivity contribution in [2.75, 3.05) is 32.8 Å².